The van der Waals surface area contributed by atoms with E-state index < -0.39 is 6.10 Å². The normalized spacial score (nSPS) is 11.9. The molecule has 0 aromatic carbocycles. The highest BCUT2D eigenvalue weighted by molar-refractivity contribution is 5.71. The van der Waals surface area contributed by atoms with Crippen LogP contribution in [0.1, 0.15) is 355 Å². The molecule has 0 spiro atoms. The van der Waals surface area contributed by atoms with E-state index in [1.807, 2.05) is 0 Å². The van der Waals surface area contributed by atoms with Crippen molar-refractivity contribution in [3.05, 3.63) is 0 Å². The quantitative estimate of drug-likeness (QED) is 0.0343. The van der Waals surface area contributed by atoms with Crippen LogP contribution >= 0.6 is 0 Å². The molecule has 0 aromatic rings. The van der Waals surface area contributed by atoms with Gasteiger partial charge in [-0.2, -0.15) is 0 Å². The van der Waals surface area contributed by atoms with E-state index in [-0.39, 0.29) is 31.1 Å². The third kappa shape index (κ3) is 55.2. The van der Waals surface area contributed by atoms with Gasteiger partial charge in [-0.05, 0) is 19.3 Å². The van der Waals surface area contributed by atoms with E-state index >= 15 is 0 Å². The van der Waals surface area contributed by atoms with Gasteiger partial charge in [-0.1, -0.05) is 316 Å². The average Bonchev–Trinajstić information content (AvgIpc) is 3.33. The molecule has 0 saturated carbocycles. The number of hydrogen-bond donors (Lipinski definition) is 0. The van der Waals surface area contributed by atoms with Crippen molar-refractivity contribution in [2.24, 2.45) is 0 Å². The van der Waals surface area contributed by atoms with Gasteiger partial charge in [0.15, 0.2) is 6.10 Å². The summed E-state index contributed by atoms with van der Waals surface area (Å²) in [6, 6.07) is 0. The standard InChI is InChI=1S/C61H118O6/c1-4-7-10-13-16-19-22-25-28-30-31-32-34-36-39-42-45-48-51-54-60(63)66-57-58(56-65-59(62)53-50-47-44-41-38-35-27-24-21-18-15-12-9-6-3)67-61(64)55-52-49-46-43-40-37-33-29-26-23-20-17-14-11-8-5-2/h58H,4-57H2,1-3H3. The van der Waals surface area contributed by atoms with Crippen LogP contribution in [0.2, 0.25) is 0 Å². The predicted octanol–water partition coefficient (Wildman–Crippen LogP) is 20.3. The molecule has 0 bridgehead atoms. The first kappa shape index (κ1) is 65.4. The first-order valence-electron chi connectivity index (χ1n) is 30.5. The molecule has 0 N–H and O–H groups in total. The lowest BCUT2D eigenvalue weighted by molar-refractivity contribution is -0.167. The second kappa shape index (κ2) is 57.0. The summed E-state index contributed by atoms with van der Waals surface area (Å²) in [5.74, 6) is -0.828. The molecule has 0 rings (SSSR count). The maximum Gasteiger partial charge on any atom is 0.306 e. The molecule has 1 atom stereocenters. The van der Waals surface area contributed by atoms with Gasteiger partial charge in [0.25, 0.3) is 0 Å². The van der Waals surface area contributed by atoms with Crippen LogP contribution in [0.25, 0.3) is 0 Å². The molecule has 0 aliphatic heterocycles. The predicted molar refractivity (Wildman–Crippen MR) is 289 cm³/mol. The van der Waals surface area contributed by atoms with Gasteiger partial charge in [0.05, 0.1) is 0 Å². The van der Waals surface area contributed by atoms with Crippen LogP contribution in [-0.4, -0.2) is 37.2 Å². The molecule has 6 heteroatoms. The molecule has 0 aliphatic carbocycles. The maximum absolute atomic E-state index is 12.9. The van der Waals surface area contributed by atoms with E-state index in [0.717, 1.165) is 57.8 Å². The Balaban J connectivity index is 4.27. The van der Waals surface area contributed by atoms with Crippen LogP contribution in [0.15, 0.2) is 0 Å². The topological polar surface area (TPSA) is 78.9 Å². The fraction of sp³-hybridized carbons (Fsp3) is 0.951. The molecule has 1 unspecified atom stereocenters. The fourth-order valence-corrected chi connectivity index (χ4v) is 9.51. The maximum atomic E-state index is 12.9. The Kier molecular flexibility index (Phi) is 55.6. The van der Waals surface area contributed by atoms with Crippen molar-refractivity contribution in [3.8, 4) is 0 Å². The zero-order chi connectivity index (χ0) is 48.6. The lowest BCUT2D eigenvalue weighted by Crippen LogP contribution is -2.30. The van der Waals surface area contributed by atoms with Crippen LogP contribution in [0.4, 0.5) is 0 Å². The van der Waals surface area contributed by atoms with Gasteiger partial charge in [0, 0.05) is 19.3 Å². The van der Waals surface area contributed by atoms with Crippen molar-refractivity contribution in [2.45, 2.75) is 361 Å². The van der Waals surface area contributed by atoms with Crippen LogP contribution in [0.3, 0.4) is 0 Å². The zero-order valence-corrected chi connectivity index (χ0v) is 45.7. The van der Waals surface area contributed by atoms with Gasteiger partial charge in [0.1, 0.15) is 13.2 Å². The fourth-order valence-electron chi connectivity index (χ4n) is 9.51. The van der Waals surface area contributed by atoms with Crippen molar-refractivity contribution in [3.63, 3.8) is 0 Å². The summed E-state index contributed by atoms with van der Waals surface area (Å²) in [6.07, 6.45) is 63.8. The molecule has 67 heavy (non-hydrogen) atoms. The van der Waals surface area contributed by atoms with Crippen LogP contribution in [0, 0.1) is 0 Å². The van der Waals surface area contributed by atoms with E-state index in [4.69, 9.17) is 14.2 Å². The highest BCUT2D eigenvalue weighted by atomic mass is 16.6. The monoisotopic (exact) mass is 947 g/mol. The third-order valence-electron chi connectivity index (χ3n) is 14.1. The molecule has 0 saturated heterocycles. The lowest BCUT2D eigenvalue weighted by Gasteiger charge is -2.18. The summed E-state index contributed by atoms with van der Waals surface area (Å²) in [5, 5.41) is 0. The first-order chi connectivity index (χ1) is 33.0. The number of ether oxygens (including phenoxy) is 3. The highest BCUT2D eigenvalue weighted by Crippen LogP contribution is 2.18. The van der Waals surface area contributed by atoms with Crippen molar-refractivity contribution in [1.29, 1.82) is 0 Å². The summed E-state index contributed by atoms with van der Waals surface area (Å²) < 4.78 is 16.9. The molecule has 0 fully saturated rings. The SMILES string of the molecule is CCCCCCCCCCCCCCCCCCCCCC(=O)OCC(COC(=O)CCCCCCCCCCCCCCCC)OC(=O)CCCCCCCCCCCCCCCCCC. The van der Waals surface area contributed by atoms with Crippen LogP contribution in [0.5, 0.6) is 0 Å². The van der Waals surface area contributed by atoms with Gasteiger partial charge in [-0.15, -0.1) is 0 Å². The van der Waals surface area contributed by atoms with E-state index in [0.29, 0.717) is 19.3 Å². The molecule has 6 nitrogen and oxygen atoms in total. The Labute approximate surface area is 418 Å². The van der Waals surface area contributed by atoms with E-state index in [2.05, 4.69) is 20.8 Å². The molecule has 398 valence electrons. The molecular formula is C61H118O6. The summed E-state index contributed by atoms with van der Waals surface area (Å²) in [6.45, 7) is 6.72. The van der Waals surface area contributed by atoms with Crippen molar-refractivity contribution in [2.75, 3.05) is 13.2 Å². The summed E-state index contributed by atoms with van der Waals surface area (Å²) in [5.41, 5.74) is 0. The van der Waals surface area contributed by atoms with Gasteiger partial charge in [0.2, 0.25) is 0 Å². The second-order valence-electron chi connectivity index (χ2n) is 21.0. The molecule has 0 radical (unpaired) electrons. The Morgan fingerprint density at radius 3 is 0.597 bits per heavy atom. The smallest absolute Gasteiger partial charge is 0.306 e. The number of esters is 3. The van der Waals surface area contributed by atoms with Crippen molar-refractivity contribution in [1.82, 2.24) is 0 Å². The number of unbranched alkanes of at least 4 members (excludes halogenated alkanes) is 46. The van der Waals surface area contributed by atoms with Gasteiger partial charge < -0.3 is 14.2 Å². The summed E-state index contributed by atoms with van der Waals surface area (Å²) >= 11 is 0. The zero-order valence-electron chi connectivity index (χ0n) is 45.7. The minimum absolute atomic E-state index is 0.0607. The Bertz CT molecular complexity index is 998. The number of hydrogen-bond acceptors (Lipinski definition) is 6. The lowest BCUT2D eigenvalue weighted by atomic mass is 10.0. The Morgan fingerprint density at radius 2 is 0.403 bits per heavy atom. The van der Waals surface area contributed by atoms with Crippen LogP contribution < -0.4 is 0 Å². The van der Waals surface area contributed by atoms with Crippen molar-refractivity contribution >= 4 is 17.9 Å². The Hall–Kier alpha value is -1.59. The third-order valence-corrected chi connectivity index (χ3v) is 14.1. The average molecular weight is 948 g/mol. The summed E-state index contributed by atoms with van der Waals surface area (Å²) in [4.78, 5) is 38.2. The molecule has 0 aromatic heterocycles. The van der Waals surface area contributed by atoms with Crippen molar-refractivity contribution < 1.29 is 28.6 Å². The molecule has 0 aliphatic rings. The van der Waals surface area contributed by atoms with Gasteiger partial charge in [-0.3, -0.25) is 14.4 Å². The van der Waals surface area contributed by atoms with Gasteiger partial charge in [-0.25, -0.2) is 0 Å². The first-order valence-corrected chi connectivity index (χ1v) is 30.5. The van der Waals surface area contributed by atoms with E-state index in [1.165, 1.54) is 257 Å². The molecule has 0 heterocycles. The van der Waals surface area contributed by atoms with E-state index in [9.17, 15) is 14.4 Å². The number of carbonyl (C=O) groups is 3. The highest BCUT2D eigenvalue weighted by Gasteiger charge is 2.19. The number of carbonyl (C=O) groups excluding carboxylic acids is 3. The van der Waals surface area contributed by atoms with E-state index in [1.54, 1.807) is 0 Å². The van der Waals surface area contributed by atoms with Crippen LogP contribution in [-0.2, 0) is 28.6 Å². The molecule has 0 amide bonds. The van der Waals surface area contributed by atoms with Gasteiger partial charge >= 0.3 is 17.9 Å². The minimum atomic E-state index is -0.761. The molecular weight excluding hydrogens is 829 g/mol. The summed E-state index contributed by atoms with van der Waals surface area (Å²) in [7, 11) is 0. The minimum Gasteiger partial charge on any atom is -0.462 e. The number of rotatable bonds is 57. The second-order valence-corrected chi connectivity index (χ2v) is 21.0. The Morgan fingerprint density at radius 1 is 0.239 bits per heavy atom. The largest absolute Gasteiger partial charge is 0.462 e.